The van der Waals surface area contributed by atoms with Gasteiger partial charge in [-0.05, 0) is 12.1 Å². The molecule has 23 heavy (non-hydrogen) atoms. The molecule has 2 aromatic heterocycles. The summed E-state index contributed by atoms with van der Waals surface area (Å²) < 4.78 is 5.12. The molecule has 0 saturated carbocycles. The normalized spacial score (nSPS) is 16.3. The lowest BCUT2D eigenvalue weighted by Crippen LogP contribution is -2.49. The van der Waals surface area contributed by atoms with E-state index in [1.165, 1.54) is 17.6 Å². The SMILES string of the molecule is O=C(CN1CCN(CC(=O)c2ccco2)CC1)Nc1nccs1. The number of carbonyl (C=O) groups excluding carboxylic acids is 2. The van der Waals surface area contributed by atoms with E-state index in [1.807, 2.05) is 5.38 Å². The lowest BCUT2D eigenvalue weighted by Gasteiger charge is -2.33. The number of aromatic nitrogens is 1. The third-order valence-corrected chi connectivity index (χ3v) is 4.36. The average molecular weight is 334 g/mol. The highest BCUT2D eigenvalue weighted by Gasteiger charge is 2.22. The molecule has 1 saturated heterocycles. The number of ketones is 1. The summed E-state index contributed by atoms with van der Waals surface area (Å²) in [6.45, 7) is 3.74. The van der Waals surface area contributed by atoms with Crippen LogP contribution in [0.15, 0.2) is 34.4 Å². The van der Waals surface area contributed by atoms with Gasteiger partial charge in [0.2, 0.25) is 11.7 Å². The van der Waals surface area contributed by atoms with E-state index in [0.29, 0.717) is 24.0 Å². The molecule has 0 aromatic carbocycles. The Kier molecular flexibility index (Phi) is 5.16. The van der Waals surface area contributed by atoms with Gasteiger partial charge in [-0.15, -0.1) is 11.3 Å². The molecule has 7 nitrogen and oxygen atoms in total. The Hall–Kier alpha value is -2.03. The van der Waals surface area contributed by atoms with Crippen molar-refractivity contribution >= 4 is 28.2 Å². The minimum Gasteiger partial charge on any atom is -0.461 e. The van der Waals surface area contributed by atoms with Gasteiger partial charge < -0.3 is 9.73 Å². The molecule has 1 amide bonds. The summed E-state index contributed by atoms with van der Waals surface area (Å²) in [5, 5.41) is 5.22. The molecule has 3 heterocycles. The minimum absolute atomic E-state index is 0.00929. The molecule has 1 aliphatic heterocycles. The Bertz CT molecular complexity index is 634. The number of amides is 1. The van der Waals surface area contributed by atoms with E-state index in [1.54, 1.807) is 18.3 Å². The maximum absolute atomic E-state index is 12.0. The Labute approximate surface area is 137 Å². The van der Waals surface area contributed by atoms with Crippen LogP contribution < -0.4 is 5.32 Å². The molecule has 0 unspecified atom stereocenters. The Morgan fingerprint density at radius 1 is 1.22 bits per heavy atom. The third kappa shape index (κ3) is 4.47. The molecule has 2 aromatic rings. The molecule has 0 spiro atoms. The van der Waals surface area contributed by atoms with Crippen molar-refractivity contribution in [3.63, 3.8) is 0 Å². The zero-order chi connectivity index (χ0) is 16.1. The number of piperazine rings is 1. The molecule has 1 fully saturated rings. The van der Waals surface area contributed by atoms with Gasteiger partial charge in [-0.2, -0.15) is 0 Å². The van der Waals surface area contributed by atoms with Crippen molar-refractivity contribution in [2.75, 3.05) is 44.6 Å². The van der Waals surface area contributed by atoms with Crippen molar-refractivity contribution in [2.45, 2.75) is 0 Å². The topological polar surface area (TPSA) is 78.7 Å². The van der Waals surface area contributed by atoms with E-state index in [0.717, 1.165) is 26.2 Å². The van der Waals surface area contributed by atoms with Gasteiger partial charge in [0.1, 0.15) is 0 Å². The summed E-state index contributed by atoms with van der Waals surface area (Å²) >= 11 is 1.40. The fourth-order valence-corrected chi connectivity index (χ4v) is 3.02. The van der Waals surface area contributed by atoms with E-state index in [-0.39, 0.29) is 11.7 Å². The van der Waals surface area contributed by atoms with Gasteiger partial charge in [-0.25, -0.2) is 4.98 Å². The Morgan fingerprint density at radius 3 is 2.57 bits per heavy atom. The van der Waals surface area contributed by atoms with Gasteiger partial charge in [0.05, 0.1) is 19.4 Å². The molecular formula is C15H18N4O3S. The van der Waals surface area contributed by atoms with Gasteiger partial charge in [0.25, 0.3) is 0 Å². The first kappa shape index (κ1) is 15.9. The summed E-state index contributed by atoms with van der Waals surface area (Å²) in [4.78, 5) is 32.1. The standard InChI is InChI=1S/C15H18N4O3S/c20-12(13-2-1-8-22-13)10-18-4-6-19(7-5-18)11-14(21)17-15-16-3-9-23-15/h1-3,8-9H,4-7,10-11H2,(H,16,17,21). The zero-order valence-corrected chi connectivity index (χ0v) is 13.4. The van der Waals surface area contributed by atoms with Crippen molar-refractivity contribution < 1.29 is 14.0 Å². The monoisotopic (exact) mass is 334 g/mol. The maximum atomic E-state index is 12.0. The highest BCUT2D eigenvalue weighted by molar-refractivity contribution is 7.13. The number of thiazole rings is 1. The van der Waals surface area contributed by atoms with Crippen molar-refractivity contribution in [1.82, 2.24) is 14.8 Å². The van der Waals surface area contributed by atoms with E-state index in [2.05, 4.69) is 20.1 Å². The lowest BCUT2D eigenvalue weighted by molar-refractivity contribution is -0.117. The van der Waals surface area contributed by atoms with Crippen molar-refractivity contribution in [3.05, 3.63) is 35.7 Å². The molecule has 1 aliphatic rings. The predicted octanol–water partition coefficient (Wildman–Crippen LogP) is 1.18. The van der Waals surface area contributed by atoms with Crippen LogP contribution in [0.2, 0.25) is 0 Å². The first-order valence-corrected chi connectivity index (χ1v) is 8.29. The predicted molar refractivity (Wildman–Crippen MR) is 86.7 cm³/mol. The van der Waals surface area contributed by atoms with Crippen LogP contribution in [0.5, 0.6) is 0 Å². The Balaban J connectivity index is 1.40. The number of nitrogens with zero attached hydrogens (tertiary/aromatic N) is 3. The smallest absolute Gasteiger partial charge is 0.240 e. The molecule has 0 aliphatic carbocycles. The zero-order valence-electron chi connectivity index (χ0n) is 12.6. The highest BCUT2D eigenvalue weighted by Crippen LogP contribution is 2.11. The highest BCUT2D eigenvalue weighted by atomic mass is 32.1. The quantitative estimate of drug-likeness (QED) is 0.799. The molecule has 1 N–H and O–H groups in total. The van der Waals surface area contributed by atoms with Crippen LogP contribution in [0.1, 0.15) is 10.6 Å². The van der Waals surface area contributed by atoms with Crippen LogP contribution in [0.25, 0.3) is 0 Å². The summed E-state index contributed by atoms with van der Waals surface area (Å²) in [6, 6.07) is 3.40. The molecule has 0 atom stereocenters. The molecular weight excluding hydrogens is 316 g/mol. The summed E-state index contributed by atoms with van der Waals surface area (Å²) in [5.41, 5.74) is 0. The van der Waals surface area contributed by atoms with Crippen molar-refractivity contribution in [1.29, 1.82) is 0 Å². The van der Waals surface area contributed by atoms with Crippen LogP contribution in [0.3, 0.4) is 0 Å². The van der Waals surface area contributed by atoms with Gasteiger partial charge in [-0.1, -0.05) is 0 Å². The van der Waals surface area contributed by atoms with E-state index in [9.17, 15) is 9.59 Å². The second-order valence-electron chi connectivity index (χ2n) is 5.34. The van der Waals surface area contributed by atoms with E-state index in [4.69, 9.17) is 4.42 Å². The van der Waals surface area contributed by atoms with Gasteiger partial charge in [0.15, 0.2) is 10.9 Å². The van der Waals surface area contributed by atoms with Crippen molar-refractivity contribution in [3.8, 4) is 0 Å². The van der Waals surface area contributed by atoms with Crippen LogP contribution in [-0.2, 0) is 4.79 Å². The van der Waals surface area contributed by atoms with Crippen molar-refractivity contribution in [2.24, 2.45) is 0 Å². The van der Waals surface area contributed by atoms with Crippen LogP contribution >= 0.6 is 11.3 Å². The first-order valence-electron chi connectivity index (χ1n) is 7.41. The lowest BCUT2D eigenvalue weighted by atomic mass is 10.2. The van der Waals surface area contributed by atoms with Crippen LogP contribution in [-0.4, -0.2) is 65.7 Å². The summed E-state index contributed by atoms with van der Waals surface area (Å²) in [7, 11) is 0. The number of hydrogen-bond acceptors (Lipinski definition) is 7. The van der Waals surface area contributed by atoms with Crippen LogP contribution in [0, 0.1) is 0 Å². The third-order valence-electron chi connectivity index (χ3n) is 3.67. The van der Waals surface area contributed by atoms with E-state index >= 15 is 0 Å². The molecule has 122 valence electrons. The fourth-order valence-electron chi connectivity index (χ4n) is 2.47. The van der Waals surface area contributed by atoms with Crippen LogP contribution in [0.4, 0.5) is 5.13 Å². The average Bonchev–Trinajstić information content (AvgIpc) is 3.22. The summed E-state index contributed by atoms with van der Waals surface area (Å²) in [5.74, 6) is 0.334. The second-order valence-corrected chi connectivity index (χ2v) is 6.23. The largest absolute Gasteiger partial charge is 0.461 e. The number of furan rings is 1. The fraction of sp³-hybridized carbons (Fsp3) is 0.400. The maximum Gasteiger partial charge on any atom is 0.240 e. The molecule has 3 rings (SSSR count). The molecule has 0 bridgehead atoms. The molecule has 8 heteroatoms. The van der Waals surface area contributed by atoms with Gasteiger partial charge in [0, 0.05) is 37.8 Å². The minimum atomic E-state index is -0.0555. The first-order chi connectivity index (χ1) is 11.2. The van der Waals surface area contributed by atoms with E-state index < -0.39 is 0 Å². The molecule has 0 radical (unpaired) electrons. The number of nitrogens with one attached hydrogen (secondary N) is 1. The number of hydrogen-bond donors (Lipinski definition) is 1. The number of rotatable bonds is 6. The number of carbonyl (C=O) groups is 2. The second kappa shape index (κ2) is 7.49. The summed E-state index contributed by atoms with van der Waals surface area (Å²) in [6.07, 6.45) is 3.17. The van der Waals surface area contributed by atoms with Gasteiger partial charge >= 0.3 is 0 Å². The number of Topliss-reactive ketones (excluding diaryl/α,β-unsaturated/α-hetero) is 1. The Morgan fingerprint density at radius 2 is 1.96 bits per heavy atom. The number of anilines is 1. The van der Waals surface area contributed by atoms with Gasteiger partial charge in [-0.3, -0.25) is 19.4 Å².